The van der Waals surface area contributed by atoms with Gasteiger partial charge in [-0.3, -0.25) is 10.1 Å². The molecule has 94 valence electrons. The Balaban J connectivity index is 2.47. The molecule has 1 atom stereocenters. The molecule has 0 unspecified atom stereocenters. The lowest BCUT2D eigenvalue weighted by atomic mass is 10.3. The number of nitrogens with zero attached hydrogens (tertiary/aromatic N) is 2. The van der Waals surface area contributed by atoms with E-state index in [9.17, 15) is 14.9 Å². The molecule has 1 rings (SSSR count). The van der Waals surface area contributed by atoms with E-state index in [-0.39, 0.29) is 12.3 Å². The van der Waals surface area contributed by atoms with Crippen LogP contribution >= 0.6 is 0 Å². The van der Waals surface area contributed by atoms with Crippen molar-refractivity contribution in [1.29, 1.82) is 5.26 Å². The topological polar surface area (TPSA) is 102 Å². The van der Waals surface area contributed by atoms with Gasteiger partial charge >= 0.3 is 5.97 Å². The van der Waals surface area contributed by atoms with Gasteiger partial charge in [0, 0.05) is 12.1 Å². The molecule has 0 amide bonds. The maximum Gasteiger partial charge on any atom is 0.345 e. The molecule has 0 bridgehead atoms. The lowest BCUT2D eigenvalue weighted by molar-refractivity contribution is -0.384. The number of hydrogen-bond donors (Lipinski definition) is 0. The summed E-state index contributed by atoms with van der Waals surface area (Å²) in [5, 5.41) is 18.8. The van der Waals surface area contributed by atoms with Crippen molar-refractivity contribution in [3.05, 3.63) is 34.4 Å². The molecule has 7 nitrogen and oxygen atoms in total. The molecule has 0 aliphatic heterocycles. The largest absolute Gasteiger partial charge is 0.482 e. The molecule has 0 aliphatic rings. The van der Waals surface area contributed by atoms with Crippen LogP contribution in [0.25, 0.3) is 0 Å². The quantitative estimate of drug-likeness (QED) is 0.445. The molecule has 0 aromatic heterocycles. The minimum atomic E-state index is -0.835. The lowest BCUT2D eigenvalue weighted by Gasteiger charge is -2.07. The SMILES string of the molecule is C[C@H](C#N)OC(=O)COc1ccc([N+](=O)[O-])cc1. The molecule has 0 N–H and O–H groups in total. The zero-order valence-corrected chi connectivity index (χ0v) is 9.53. The summed E-state index contributed by atoms with van der Waals surface area (Å²) in [6.07, 6.45) is -0.835. The Morgan fingerprint density at radius 1 is 1.50 bits per heavy atom. The van der Waals surface area contributed by atoms with E-state index in [2.05, 4.69) is 4.74 Å². The van der Waals surface area contributed by atoms with Gasteiger partial charge in [0.05, 0.1) is 4.92 Å². The lowest BCUT2D eigenvalue weighted by Crippen LogP contribution is -2.19. The Hall–Kier alpha value is -2.62. The summed E-state index contributed by atoms with van der Waals surface area (Å²) in [7, 11) is 0. The van der Waals surface area contributed by atoms with Crippen LogP contribution in [0, 0.1) is 21.4 Å². The molecule has 0 aliphatic carbocycles. The highest BCUT2D eigenvalue weighted by Gasteiger charge is 2.10. The molecule has 0 fully saturated rings. The maximum atomic E-state index is 11.2. The first-order valence-electron chi connectivity index (χ1n) is 4.99. The number of rotatable bonds is 5. The number of non-ortho nitro benzene ring substituents is 1. The fraction of sp³-hybridized carbons (Fsp3) is 0.273. The molecule has 1 aromatic carbocycles. The first-order valence-corrected chi connectivity index (χ1v) is 4.99. The van der Waals surface area contributed by atoms with Crippen LogP contribution in [-0.4, -0.2) is 23.6 Å². The summed E-state index contributed by atoms with van der Waals surface area (Å²) in [6, 6.07) is 7.01. The number of carbonyl (C=O) groups excluding carboxylic acids is 1. The van der Waals surface area contributed by atoms with Crippen LogP contribution in [0.2, 0.25) is 0 Å². The van der Waals surface area contributed by atoms with Crippen LogP contribution in [0.3, 0.4) is 0 Å². The van der Waals surface area contributed by atoms with Crippen LogP contribution in [0.4, 0.5) is 5.69 Å². The van der Waals surface area contributed by atoms with Crippen LogP contribution < -0.4 is 4.74 Å². The summed E-state index contributed by atoms with van der Waals surface area (Å²) >= 11 is 0. The second kappa shape index (κ2) is 6.20. The molecule has 7 heteroatoms. The third-order valence-corrected chi connectivity index (χ3v) is 1.89. The molecule has 18 heavy (non-hydrogen) atoms. The monoisotopic (exact) mass is 250 g/mol. The Bertz CT molecular complexity index is 477. The molecule has 0 saturated heterocycles. The van der Waals surface area contributed by atoms with Gasteiger partial charge in [-0.15, -0.1) is 0 Å². The molecule has 0 heterocycles. The Labute approximate surface area is 103 Å². The van der Waals surface area contributed by atoms with Crippen molar-refractivity contribution in [3.8, 4) is 11.8 Å². The van der Waals surface area contributed by atoms with E-state index in [0.717, 1.165) is 0 Å². The summed E-state index contributed by atoms with van der Waals surface area (Å²) < 4.78 is 9.69. The summed E-state index contributed by atoms with van der Waals surface area (Å²) in [4.78, 5) is 21.0. The minimum absolute atomic E-state index is 0.0666. The van der Waals surface area contributed by atoms with Crippen LogP contribution in [0.15, 0.2) is 24.3 Å². The average Bonchev–Trinajstić information content (AvgIpc) is 2.36. The number of hydrogen-bond acceptors (Lipinski definition) is 6. The molecular weight excluding hydrogens is 240 g/mol. The van der Waals surface area contributed by atoms with E-state index in [1.54, 1.807) is 6.07 Å². The van der Waals surface area contributed by atoms with E-state index in [1.165, 1.54) is 31.2 Å². The van der Waals surface area contributed by atoms with Crippen molar-refractivity contribution < 1.29 is 19.2 Å². The van der Waals surface area contributed by atoms with E-state index in [4.69, 9.17) is 10.00 Å². The Morgan fingerprint density at radius 2 is 2.11 bits per heavy atom. The number of ether oxygens (including phenoxy) is 2. The maximum absolute atomic E-state index is 11.2. The fourth-order valence-corrected chi connectivity index (χ4v) is 1.06. The van der Waals surface area contributed by atoms with Gasteiger partial charge in [-0.1, -0.05) is 0 Å². The number of esters is 1. The van der Waals surface area contributed by atoms with Crippen LogP contribution in [0.5, 0.6) is 5.75 Å². The van der Waals surface area contributed by atoms with Gasteiger partial charge in [0.15, 0.2) is 12.7 Å². The van der Waals surface area contributed by atoms with Gasteiger partial charge in [-0.05, 0) is 19.1 Å². The summed E-state index contributed by atoms with van der Waals surface area (Å²) in [5.41, 5.74) is -0.0666. The molecule has 0 spiro atoms. The van der Waals surface area contributed by atoms with E-state index >= 15 is 0 Å². The van der Waals surface area contributed by atoms with Crippen molar-refractivity contribution in [2.45, 2.75) is 13.0 Å². The van der Waals surface area contributed by atoms with Gasteiger partial charge < -0.3 is 9.47 Å². The second-order valence-electron chi connectivity index (χ2n) is 3.30. The van der Waals surface area contributed by atoms with Gasteiger partial charge in [-0.25, -0.2) is 4.79 Å². The number of carbonyl (C=O) groups is 1. The van der Waals surface area contributed by atoms with Crippen molar-refractivity contribution in [2.75, 3.05) is 6.61 Å². The highest BCUT2D eigenvalue weighted by atomic mass is 16.6. The predicted octanol–water partition coefficient (Wildman–Crippen LogP) is 1.43. The van der Waals surface area contributed by atoms with Gasteiger partial charge in [0.1, 0.15) is 11.8 Å². The molecular formula is C11H10N2O5. The van der Waals surface area contributed by atoms with Crippen molar-refractivity contribution in [1.82, 2.24) is 0 Å². The normalized spacial score (nSPS) is 11.1. The second-order valence-corrected chi connectivity index (χ2v) is 3.30. The van der Waals surface area contributed by atoms with Gasteiger partial charge in [-0.2, -0.15) is 5.26 Å². The minimum Gasteiger partial charge on any atom is -0.482 e. The van der Waals surface area contributed by atoms with E-state index < -0.39 is 17.0 Å². The third kappa shape index (κ3) is 4.09. The van der Waals surface area contributed by atoms with Gasteiger partial charge in [0.2, 0.25) is 0 Å². The smallest absolute Gasteiger partial charge is 0.345 e. The number of benzene rings is 1. The standard InChI is InChI=1S/C11H10N2O5/c1-8(6-12)18-11(14)7-17-10-4-2-9(3-5-10)13(15)16/h2-5,8H,7H2,1H3/t8-/m1/s1. The average molecular weight is 250 g/mol. The first-order chi connectivity index (χ1) is 8.52. The zero-order valence-electron chi connectivity index (χ0n) is 9.53. The fourth-order valence-electron chi connectivity index (χ4n) is 1.06. The number of nitro groups is 1. The highest BCUT2D eigenvalue weighted by Crippen LogP contribution is 2.17. The number of nitriles is 1. The van der Waals surface area contributed by atoms with Crippen LogP contribution in [0.1, 0.15) is 6.92 Å². The summed E-state index contributed by atoms with van der Waals surface area (Å²) in [5.74, 6) is -0.371. The first kappa shape index (κ1) is 13.4. The third-order valence-electron chi connectivity index (χ3n) is 1.89. The van der Waals surface area contributed by atoms with Gasteiger partial charge in [0.25, 0.3) is 5.69 Å². The van der Waals surface area contributed by atoms with Crippen molar-refractivity contribution in [3.63, 3.8) is 0 Å². The Kier molecular flexibility index (Phi) is 4.63. The Morgan fingerprint density at radius 3 is 2.61 bits per heavy atom. The highest BCUT2D eigenvalue weighted by molar-refractivity contribution is 5.71. The summed E-state index contributed by atoms with van der Waals surface area (Å²) in [6.45, 7) is 1.08. The van der Waals surface area contributed by atoms with E-state index in [0.29, 0.717) is 5.75 Å². The molecule has 0 radical (unpaired) electrons. The van der Waals surface area contributed by atoms with E-state index in [1.807, 2.05) is 0 Å². The predicted molar refractivity (Wildman–Crippen MR) is 59.8 cm³/mol. The number of nitro benzene ring substituents is 1. The van der Waals surface area contributed by atoms with Crippen molar-refractivity contribution in [2.24, 2.45) is 0 Å². The zero-order chi connectivity index (χ0) is 13.5. The van der Waals surface area contributed by atoms with Crippen LogP contribution in [-0.2, 0) is 9.53 Å². The molecule has 0 saturated carbocycles. The molecule has 1 aromatic rings. The van der Waals surface area contributed by atoms with Crippen molar-refractivity contribution >= 4 is 11.7 Å².